The van der Waals surface area contributed by atoms with Gasteiger partial charge < -0.3 is 5.32 Å². The Morgan fingerprint density at radius 3 is 2.75 bits per heavy atom. The molecule has 3 heteroatoms. The monoisotopic (exact) mass is 333 g/mol. The molecule has 20 heavy (non-hydrogen) atoms. The average molecular weight is 334 g/mol. The van der Waals surface area contributed by atoms with Crippen LogP contribution in [0, 0.1) is 5.82 Å². The van der Waals surface area contributed by atoms with Gasteiger partial charge in [-0.2, -0.15) is 0 Å². The number of aryl methyl sites for hydroxylation is 2. The highest BCUT2D eigenvalue weighted by molar-refractivity contribution is 9.10. The van der Waals surface area contributed by atoms with Crippen LogP contribution in [-0.2, 0) is 12.8 Å². The minimum Gasteiger partial charge on any atom is -0.378 e. The Bertz CT molecular complexity index is 639. The number of rotatable bonds is 3. The van der Waals surface area contributed by atoms with Crippen LogP contribution < -0.4 is 5.32 Å². The summed E-state index contributed by atoms with van der Waals surface area (Å²) < 4.78 is 14.8. The average Bonchev–Trinajstić information content (AvgIpc) is 2.89. The van der Waals surface area contributed by atoms with Crippen LogP contribution in [-0.4, -0.2) is 0 Å². The minimum atomic E-state index is -0.172. The third kappa shape index (κ3) is 2.73. The Labute approximate surface area is 127 Å². The van der Waals surface area contributed by atoms with Crippen LogP contribution in [0.5, 0.6) is 0 Å². The first kappa shape index (κ1) is 13.6. The van der Waals surface area contributed by atoms with E-state index < -0.39 is 0 Å². The fraction of sp³-hybridized carbons (Fsp3) is 0.294. The Hall–Kier alpha value is -1.35. The molecule has 2 aromatic carbocycles. The van der Waals surface area contributed by atoms with Crippen LogP contribution >= 0.6 is 15.9 Å². The molecule has 1 aliphatic carbocycles. The summed E-state index contributed by atoms with van der Waals surface area (Å²) in [6, 6.07) is 11.5. The Morgan fingerprint density at radius 1 is 1.10 bits per heavy atom. The van der Waals surface area contributed by atoms with Gasteiger partial charge in [-0.15, -0.1) is 0 Å². The minimum absolute atomic E-state index is 0.0630. The normalized spacial score (nSPS) is 14.9. The van der Waals surface area contributed by atoms with E-state index in [1.54, 1.807) is 6.07 Å². The van der Waals surface area contributed by atoms with Crippen molar-refractivity contribution < 1.29 is 4.39 Å². The highest BCUT2D eigenvalue weighted by Crippen LogP contribution is 2.28. The molecule has 0 amide bonds. The molecule has 1 nitrogen and oxygen atoms in total. The summed E-state index contributed by atoms with van der Waals surface area (Å²) >= 11 is 3.40. The van der Waals surface area contributed by atoms with Crippen molar-refractivity contribution >= 4 is 21.6 Å². The molecule has 0 fully saturated rings. The van der Waals surface area contributed by atoms with Gasteiger partial charge >= 0.3 is 0 Å². The first-order valence-electron chi connectivity index (χ1n) is 6.97. The van der Waals surface area contributed by atoms with Gasteiger partial charge in [0, 0.05) is 15.7 Å². The second kappa shape index (κ2) is 5.57. The SMILES string of the molecule is CC(Nc1ccc2c(c1)CCC2)c1cc(Br)ccc1F. The number of hydrogen-bond acceptors (Lipinski definition) is 1. The van der Waals surface area contributed by atoms with Gasteiger partial charge in [-0.3, -0.25) is 0 Å². The standard InChI is InChI=1S/C17H17BrFN/c1-11(16-10-14(18)6-8-17(16)19)20-15-7-5-12-3-2-4-13(12)9-15/h5-11,20H,2-4H2,1H3. The second-order valence-electron chi connectivity index (χ2n) is 5.37. The van der Waals surface area contributed by atoms with E-state index in [1.165, 1.54) is 30.0 Å². The molecule has 1 aliphatic rings. The molecule has 1 atom stereocenters. The van der Waals surface area contributed by atoms with Gasteiger partial charge in [-0.1, -0.05) is 22.0 Å². The quantitative estimate of drug-likeness (QED) is 0.808. The van der Waals surface area contributed by atoms with Crippen LogP contribution in [0.3, 0.4) is 0 Å². The third-order valence-electron chi connectivity index (χ3n) is 3.91. The summed E-state index contributed by atoms with van der Waals surface area (Å²) in [5.74, 6) is -0.172. The van der Waals surface area contributed by atoms with Gasteiger partial charge in [0.05, 0.1) is 6.04 Å². The Balaban J connectivity index is 1.82. The highest BCUT2D eigenvalue weighted by Gasteiger charge is 2.14. The molecule has 0 heterocycles. The zero-order chi connectivity index (χ0) is 14.1. The van der Waals surface area contributed by atoms with Gasteiger partial charge in [0.15, 0.2) is 0 Å². The second-order valence-corrected chi connectivity index (χ2v) is 6.28. The molecule has 3 rings (SSSR count). The molecule has 0 spiro atoms. The van der Waals surface area contributed by atoms with Crippen molar-refractivity contribution in [1.82, 2.24) is 0 Å². The summed E-state index contributed by atoms with van der Waals surface area (Å²) in [6.07, 6.45) is 3.59. The van der Waals surface area contributed by atoms with Crippen LogP contribution in [0.25, 0.3) is 0 Å². The molecule has 0 aliphatic heterocycles. The summed E-state index contributed by atoms with van der Waals surface area (Å²) in [5, 5.41) is 3.40. The van der Waals surface area contributed by atoms with Crippen LogP contribution in [0.2, 0.25) is 0 Å². The molecule has 1 unspecified atom stereocenters. The molecule has 0 bridgehead atoms. The van der Waals surface area contributed by atoms with Gasteiger partial charge in [-0.25, -0.2) is 4.39 Å². The molecule has 0 radical (unpaired) electrons. The van der Waals surface area contributed by atoms with Crippen molar-refractivity contribution in [2.24, 2.45) is 0 Å². The van der Waals surface area contributed by atoms with Crippen molar-refractivity contribution in [3.8, 4) is 0 Å². The third-order valence-corrected chi connectivity index (χ3v) is 4.40. The number of halogens is 2. The lowest BCUT2D eigenvalue weighted by Crippen LogP contribution is -2.09. The van der Waals surface area contributed by atoms with E-state index in [4.69, 9.17) is 0 Å². The van der Waals surface area contributed by atoms with Crippen molar-refractivity contribution in [3.63, 3.8) is 0 Å². The predicted molar refractivity (Wildman–Crippen MR) is 84.6 cm³/mol. The van der Waals surface area contributed by atoms with E-state index in [2.05, 4.69) is 39.4 Å². The molecule has 0 saturated carbocycles. The van der Waals surface area contributed by atoms with Crippen molar-refractivity contribution in [2.75, 3.05) is 5.32 Å². The Kier molecular flexibility index (Phi) is 3.79. The zero-order valence-electron chi connectivity index (χ0n) is 11.4. The topological polar surface area (TPSA) is 12.0 Å². The van der Waals surface area contributed by atoms with E-state index in [0.29, 0.717) is 5.56 Å². The maximum Gasteiger partial charge on any atom is 0.128 e. The van der Waals surface area contributed by atoms with Crippen LogP contribution in [0.15, 0.2) is 40.9 Å². The zero-order valence-corrected chi connectivity index (χ0v) is 13.0. The fourth-order valence-electron chi connectivity index (χ4n) is 2.84. The summed E-state index contributed by atoms with van der Waals surface area (Å²) in [5.41, 5.74) is 4.63. The van der Waals surface area contributed by atoms with Crippen molar-refractivity contribution in [1.29, 1.82) is 0 Å². The first-order valence-corrected chi connectivity index (χ1v) is 7.76. The van der Waals surface area contributed by atoms with E-state index in [9.17, 15) is 4.39 Å². The maximum absolute atomic E-state index is 13.9. The van der Waals surface area contributed by atoms with E-state index >= 15 is 0 Å². The maximum atomic E-state index is 13.9. The number of nitrogens with one attached hydrogen (secondary N) is 1. The molecule has 1 N–H and O–H groups in total. The molecule has 0 saturated heterocycles. The summed E-state index contributed by atoms with van der Waals surface area (Å²) in [6.45, 7) is 1.98. The van der Waals surface area contributed by atoms with E-state index in [1.807, 2.05) is 13.0 Å². The summed E-state index contributed by atoms with van der Waals surface area (Å²) in [7, 11) is 0. The largest absolute Gasteiger partial charge is 0.378 e. The number of benzene rings is 2. The van der Waals surface area contributed by atoms with Crippen LogP contribution in [0.1, 0.15) is 36.1 Å². The van der Waals surface area contributed by atoms with Gasteiger partial charge in [0.2, 0.25) is 0 Å². The number of fused-ring (bicyclic) bond motifs is 1. The first-order chi connectivity index (χ1) is 9.63. The van der Waals surface area contributed by atoms with Crippen LogP contribution in [0.4, 0.5) is 10.1 Å². The van der Waals surface area contributed by atoms with Gasteiger partial charge in [-0.05, 0) is 67.6 Å². The fourth-order valence-corrected chi connectivity index (χ4v) is 3.21. The number of hydrogen-bond donors (Lipinski definition) is 1. The predicted octanol–water partition coefficient (Wildman–Crippen LogP) is 5.25. The van der Waals surface area contributed by atoms with Gasteiger partial charge in [0.25, 0.3) is 0 Å². The van der Waals surface area contributed by atoms with Crippen molar-refractivity contribution in [3.05, 3.63) is 63.4 Å². The number of anilines is 1. The lowest BCUT2D eigenvalue weighted by molar-refractivity contribution is 0.600. The van der Waals surface area contributed by atoms with E-state index in [0.717, 1.165) is 16.6 Å². The summed E-state index contributed by atoms with van der Waals surface area (Å²) in [4.78, 5) is 0. The molecule has 2 aromatic rings. The molecule has 0 aromatic heterocycles. The molecule has 104 valence electrons. The lowest BCUT2D eigenvalue weighted by atomic mass is 10.1. The lowest BCUT2D eigenvalue weighted by Gasteiger charge is -2.17. The smallest absolute Gasteiger partial charge is 0.128 e. The molecular weight excluding hydrogens is 317 g/mol. The van der Waals surface area contributed by atoms with Crippen molar-refractivity contribution in [2.45, 2.75) is 32.2 Å². The Morgan fingerprint density at radius 2 is 1.90 bits per heavy atom. The molecular formula is C17H17BrFN. The van der Waals surface area contributed by atoms with Gasteiger partial charge in [0.1, 0.15) is 5.82 Å². The van der Waals surface area contributed by atoms with E-state index in [-0.39, 0.29) is 11.9 Å². The highest BCUT2D eigenvalue weighted by atomic mass is 79.9.